The molecule has 0 aliphatic heterocycles. The van der Waals surface area contributed by atoms with E-state index in [1.54, 1.807) is 0 Å². The molecule has 362 valence electrons. The molecule has 3 saturated carbocycles. The summed E-state index contributed by atoms with van der Waals surface area (Å²) in [7, 11) is 0. The molecule has 0 radical (unpaired) electrons. The number of hydrogen-bond donors (Lipinski definition) is 3. The molecular formula is C52H92N4O7. The minimum absolute atomic E-state index is 0.0264. The third-order valence-corrected chi connectivity index (χ3v) is 15.2. The van der Waals surface area contributed by atoms with Gasteiger partial charge in [0, 0.05) is 38.0 Å². The van der Waals surface area contributed by atoms with Crippen molar-refractivity contribution in [2.75, 3.05) is 26.2 Å². The molecule has 9 atom stereocenters. The third kappa shape index (κ3) is 16.5. The molecule has 3 N–H and O–H groups in total. The topological polar surface area (TPSA) is 135 Å². The van der Waals surface area contributed by atoms with Crippen LogP contribution in [0.5, 0.6) is 0 Å². The highest BCUT2D eigenvalue weighted by Crippen LogP contribution is 2.67. The van der Waals surface area contributed by atoms with Gasteiger partial charge in [0.2, 0.25) is 5.91 Å². The SMILES string of the molecule is CC(C)CCCCC1CCC2C3CC=C4CC(OC(=O)CCC(=O)N(CCCCNCCC(C)NC(=O)OC(C)(C)C)CCC(C)NC(=O)OC(C)(C)C)CCC4(C)C3CCC12C. The van der Waals surface area contributed by atoms with Gasteiger partial charge in [-0.25, -0.2) is 9.59 Å². The summed E-state index contributed by atoms with van der Waals surface area (Å²) in [5.74, 6) is 3.68. The molecule has 0 aromatic rings. The average Bonchev–Trinajstić information content (AvgIpc) is 3.50. The number of carbonyl (C=O) groups excluding carboxylic acids is 4. The van der Waals surface area contributed by atoms with E-state index in [1.165, 1.54) is 63.4 Å². The number of nitrogens with one attached hydrogen (secondary N) is 3. The fourth-order valence-corrected chi connectivity index (χ4v) is 11.7. The first kappa shape index (κ1) is 52.8. The van der Waals surface area contributed by atoms with Crippen LogP contribution in [0.3, 0.4) is 0 Å². The molecule has 3 amide bonds. The highest BCUT2D eigenvalue weighted by atomic mass is 16.6. The maximum Gasteiger partial charge on any atom is 0.407 e. The molecule has 0 bridgehead atoms. The Hall–Kier alpha value is -2.82. The largest absolute Gasteiger partial charge is 0.462 e. The Balaban J connectivity index is 1.24. The van der Waals surface area contributed by atoms with Crippen LogP contribution in [0, 0.1) is 40.4 Å². The van der Waals surface area contributed by atoms with E-state index in [0.717, 1.165) is 81.2 Å². The summed E-state index contributed by atoms with van der Waals surface area (Å²) in [4.78, 5) is 53.3. The number of alkyl carbamates (subject to hydrolysis) is 2. The first-order valence-electron chi connectivity index (χ1n) is 25.4. The number of fused-ring (bicyclic) bond motifs is 5. The van der Waals surface area contributed by atoms with Crippen molar-refractivity contribution in [3.05, 3.63) is 11.6 Å². The van der Waals surface area contributed by atoms with Crippen molar-refractivity contribution in [3.8, 4) is 0 Å². The van der Waals surface area contributed by atoms with E-state index in [-0.39, 0.29) is 48.3 Å². The average molecular weight is 885 g/mol. The molecule has 0 heterocycles. The Labute approximate surface area is 383 Å². The van der Waals surface area contributed by atoms with Gasteiger partial charge in [0.05, 0.1) is 6.42 Å². The van der Waals surface area contributed by atoms with E-state index in [0.29, 0.717) is 24.9 Å². The normalized spacial score (nSPS) is 27.8. The van der Waals surface area contributed by atoms with Gasteiger partial charge in [0.1, 0.15) is 17.3 Å². The molecule has 9 unspecified atom stereocenters. The predicted octanol–water partition coefficient (Wildman–Crippen LogP) is 11.3. The molecule has 0 aromatic heterocycles. The molecule has 0 saturated heterocycles. The second kappa shape index (κ2) is 23.6. The van der Waals surface area contributed by atoms with E-state index in [4.69, 9.17) is 14.2 Å². The first-order chi connectivity index (χ1) is 29.5. The Morgan fingerprint density at radius 3 is 2.06 bits per heavy atom. The number of nitrogens with zero attached hydrogens (tertiary/aromatic N) is 1. The molecule has 63 heavy (non-hydrogen) atoms. The summed E-state index contributed by atoms with van der Waals surface area (Å²) < 4.78 is 16.9. The minimum Gasteiger partial charge on any atom is -0.462 e. The molecule has 11 nitrogen and oxygen atoms in total. The van der Waals surface area contributed by atoms with Crippen LogP contribution in [-0.2, 0) is 23.8 Å². The zero-order valence-electron chi connectivity index (χ0n) is 42.1. The summed E-state index contributed by atoms with van der Waals surface area (Å²) in [6.07, 6.45) is 19.7. The van der Waals surface area contributed by atoms with Crippen molar-refractivity contribution in [3.63, 3.8) is 0 Å². The molecular weight excluding hydrogens is 793 g/mol. The number of unbranched alkanes of at least 4 members (excludes halogenated alkanes) is 2. The lowest BCUT2D eigenvalue weighted by Crippen LogP contribution is -2.50. The van der Waals surface area contributed by atoms with Crippen LogP contribution in [0.2, 0.25) is 0 Å². The molecule has 4 aliphatic rings. The minimum atomic E-state index is -0.599. The van der Waals surface area contributed by atoms with Gasteiger partial charge in [-0.1, -0.05) is 58.6 Å². The lowest BCUT2D eigenvalue weighted by atomic mass is 9.47. The van der Waals surface area contributed by atoms with Gasteiger partial charge in [-0.05, 0) is 186 Å². The monoisotopic (exact) mass is 885 g/mol. The van der Waals surface area contributed by atoms with Crippen LogP contribution < -0.4 is 16.0 Å². The number of carbonyl (C=O) groups is 4. The summed E-state index contributed by atoms with van der Waals surface area (Å²) in [5.41, 5.74) is 1.07. The maximum absolute atomic E-state index is 13.7. The van der Waals surface area contributed by atoms with E-state index in [9.17, 15) is 19.2 Å². The van der Waals surface area contributed by atoms with Crippen molar-refractivity contribution in [1.29, 1.82) is 0 Å². The van der Waals surface area contributed by atoms with Gasteiger partial charge in [-0.15, -0.1) is 0 Å². The molecule has 11 heteroatoms. The zero-order valence-corrected chi connectivity index (χ0v) is 42.1. The Bertz CT molecular complexity index is 1520. The molecule has 0 spiro atoms. The summed E-state index contributed by atoms with van der Waals surface area (Å²) in [6.45, 7) is 27.3. The summed E-state index contributed by atoms with van der Waals surface area (Å²) >= 11 is 0. The van der Waals surface area contributed by atoms with Crippen molar-refractivity contribution < 1.29 is 33.4 Å². The molecule has 4 aliphatic carbocycles. The van der Waals surface area contributed by atoms with Gasteiger partial charge in [0.25, 0.3) is 0 Å². The molecule has 3 fully saturated rings. The van der Waals surface area contributed by atoms with Gasteiger partial charge in [-0.2, -0.15) is 0 Å². The second-order valence-electron chi connectivity index (χ2n) is 23.1. The fourth-order valence-electron chi connectivity index (χ4n) is 11.7. The van der Waals surface area contributed by atoms with Crippen LogP contribution in [0.1, 0.15) is 199 Å². The number of esters is 1. The van der Waals surface area contributed by atoms with Crippen molar-refractivity contribution >= 4 is 24.1 Å². The van der Waals surface area contributed by atoms with Gasteiger partial charge in [-0.3, -0.25) is 9.59 Å². The Kier molecular flexibility index (Phi) is 19.8. The van der Waals surface area contributed by atoms with Crippen LogP contribution >= 0.6 is 0 Å². The number of rotatable bonds is 22. The van der Waals surface area contributed by atoms with Crippen molar-refractivity contribution in [1.82, 2.24) is 20.9 Å². The molecule has 4 rings (SSSR count). The van der Waals surface area contributed by atoms with Crippen LogP contribution in [0.15, 0.2) is 11.6 Å². The van der Waals surface area contributed by atoms with Gasteiger partial charge < -0.3 is 35.1 Å². The highest BCUT2D eigenvalue weighted by molar-refractivity contribution is 5.81. The number of allylic oxidation sites excluding steroid dienone is 1. The van der Waals surface area contributed by atoms with Crippen molar-refractivity contribution in [2.45, 2.75) is 228 Å². The maximum atomic E-state index is 13.7. The van der Waals surface area contributed by atoms with E-state index in [1.807, 2.05) is 60.3 Å². The zero-order chi connectivity index (χ0) is 46.6. The number of hydrogen-bond acceptors (Lipinski definition) is 8. The predicted molar refractivity (Wildman–Crippen MR) is 253 cm³/mol. The van der Waals surface area contributed by atoms with Crippen LogP contribution in [-0.4, -0.2) is 84.5 Å². The first-order valence-corrected chi connectivity index (χ1v) is 25.4. The fraction of sp³-hybridized carbons (Fsp3) is 0.885. The lowest BCUT2D eigenvalue weighted by Gasteiger charge is -2.58. The van der Waals surface area contributed by atoms with Crippen molar-refractivity contribution in [2.24, 2.45) is 40.4 Å². The second-order valence-corrected chi connectivity index (χ2v) is 23.1. The number of ether oxygens (including phenoxy) is 3. The highest BCUT2D eigenvalue weighted by Gasteiger charge is 2.58. The summed E-state index contributed by atoms with van der Waals surface area (Å²) in [6, 6.07) is -0.224. The summed E-state index contributed by atoms with van der Waals surface area (Å²) in [5, 5.41) is 9.21. The van der Waals surface area contributed by atoms with Gasteiger partial charge >= 0.3 is 18.2 Å². The van der Waals surface area contributed by atoms with Gasteiger partial charge in [0.15, 0.2) is 0 Å². The smallest absolute Gasteiger partial charge is 0.407 e. The van der Waals surface area contributed by atoms with Crippen LogP contribution in [0.4, 0.5) is 9.59 Å². The quantitative estimate of drug-likeness (QED) is 0.0423. The van der Waals surface area contributed by atoms with E-state index in [2.05, 4.69) is 49.7 Å². The number of amides is 3. The van der Waals surface area contributed by atoms with Crippen LogP contribution in [0.25, 0.3) is 0 Å². The standard InChI is InChI=1S/C52H92N4O7/c1-36(2)17-13-14-18-39-20-22-43-42-21-19-40-35-41(25-29-52(40,12)44(42)26-30-51(39,43)11)61-46(58)24-23-45(57)56(34-28-38(4)55-48(60)63-50(8,9)10)33-16-15-31-53-32-27-37(3)54-47(59)62-49(5,6)7/h19,36-39,41-44,53H,13-18,20-35H2,1-12H3,(H,54,59)(H,55,60). The third-order valence-electron chi connectivity index (χ3n) is 15.2. The Morgan fingerprint density at radius 1 is 0.746 bits per heavy atom. The van der Waals surface area contributed by atoms with E-state index < -0.39 is 23.4 Å². The Morgan fingerprint density at radius 2 is 1.41 bits per heavy atom. The van der Waals surface area contributed by atoms with E-state index >= 15 is 0 Å². The lowest BCUT2D eigenvalue weighted by molar-refractivity contribution is -0.153. The molecule has 0 aromatic carbocycles.